The first-order chi connectivity index (χ1) is 20.8. The fraction of sp³-hybridized carbons (Fsp3) is 0.618. The van der Waals surface area contributed by atoms with Crippen LogP contribution >= 0.6 is 0 Å². The molecule has 1 aromatic rings. The highest BCUT2D eigenvalue weighted by Crippen LogP contribution is 2.62. The van der Waals surface area contributed by atoms with Crippen molar-refractivity contribution in [1.82, 2.24) is 20.9 Å². The van der Waals surface area contributed by atoms with Gasteiger partial charge in [-0.3, -0.25) is 24.0 Å². The number of benzene rings is 1. The lowest BCUT2D eigenvalue weighted by molar-refractivity contribution is -0.144. The maximum absolute atomic E-state index is 14.4. The van der Waals surface area contributed by atoms with Gasteiger partial charge in [-0.25, -0.2) is 0 Å². The zero-order valence-corrected chi connectivity index (χ0v) is 24.4. The smallest absolute Gasteiger partial charge is 0.289 e. The Morgan fingerprint density at radius 1 is 1.07 bits per heavy atom. The summed E-state index contributed by atoms with van der Waals surface area (Å²) in [6, 6.07) is 6.69. The number of hydrogen-bond donors (Lipinski definition) is 3. The predicted molar refractivity (Wildman–Crippen MR) is 156 cm³/mol. The molecule has 9 heteroatoms. The summed E-state index contributed by atoms with van der Waals surface area (Å²) in [6.45, 7) is 1.07. The molecular weight excluding hydrogens is 544 g/mol. The van der Waals surface area contributed by atoms with Gasteiger partial charge in [0.2, 0.25) is 23.5 Å². The fourth-order valence-electron chi connectivity index (χ4n) is 9.42. The number of carbonyl (C=O) groups excluding carboxylic acids is 5. The van der Waals surface area contributed by atoms with Crippen molar-refractivity contribution >= 4 is 29.4 Å². The van der Waals surface area contributed by atoms with Gasteiger partial charge >= 0.3 is 0 Å². The van der Waals surface area contributed by atoms with Crippen molar-refractivity contribution in [3.8, 4) is 0 Å². The Balaban J connectivity index is 1.06. The normalized spacial score (nSPS) is 37.1. The molecule has 43 heavy (non-hydrogen) atoms. The van der Waals surface area contributed by atoms with Crippen LogP contribution in [0.25, 0.3) is 0 Å². The molecule has 9 atom stereocenters. The number of Topliss-reactive ketones (excluding diaryl/α,β-unsaturated/α-hetero) is 1. The average Bonchev–Trinajstić information content (AvgIpc) is 3.68. The third-order valence-corrected chi connectivity index (χ3v) is 11.8. The summed E-state index contributed by atoms with van der Waals surface area (Å²) in [7, 11) is 0. The van der Waals surface area contributed by atoms with Crippen molar-refractivity contribution in [2.24, 2.45) is 35.5 Å². The number of rotatable bonds is 8. The van der Waals surface area contributed by atoms with Crippen LogP contribution in [0.1, 0.15) is 62.5 Å². The molecule has 0 aromatic heterocycles. The van der Waals surface area contributed by atoms with Crippen molar-refractivity contribution in [3.05, 3.63) is 47.5 Å². The van der Waals surface area contributed by atoms with Gasteiger partial charge in [-0.2, -0.15) is 0 Å². The Hall–Kier alpha value is -3.49. The number of amides is 4. The quantitative estimate of drug-likeness (QED) is 0.318. The summed E-state index contributed by atoms with van der Waals surface area (Å²) >= 11 is 0. The Morgan fingerprint density at radius 2 is 1.88 bits per heavy atom. The van der Waals surface area contributed by atoms with Crippen molar-refractivity contribution in [1.29, 1.82) is 0 Å². The zero-order chi connectivity index (χ0) is 29.5. The third kappa shape index (κ3) is 4.44. The van der Waals surface area contributed by atoms with Crippen LogP contribution in [-0.2, 0) is 35.8 Å². The van der Waals surface area contributed by atoms with E-state index in [9.17, 15) is 24.0 Å². The van der Waals surface area contributed by atoms with Gasteiger partial charge in [-0.15, -0.1) is 0 Å². The molecule has 6 unspecified atom stereocenters. The average molecular weight is 585 g/mol. The SMILES string of the molecule is O=C(NC1CC1)C(=O)C(C[C@@H]1CCNC1=O)NC(=O)C1C2C3C=CC(C3)C2CN1C(=O)[C@@H]1C[C@]12CCCc1ccccc12. The van der Waals surface area contributed by atoms with Gasteiger partial charge in [0.15, 0.2) is 0 Å². The second-order valence-corrected chi connectivity index (χ2v) is 14.2. The van der Waals surface area contributed by atoms with E-state index < -0.39 is 29.7 Å². The van der Waals surface area contributed by atoms with Gasteiger partial charge in [0.1, 0.15) is 6.04 Å². The van der Waals surface area contributed by atoms with Crippen LogP contribution in [-0.4, -0.2) is 65.5 Å². The number of aryl methyl sites for hydroxylation is 1. The minimum atomic E-state index is -1.11. The molecule has 2 saturated heterocycles. The van der Waals surface area contributed by atoms with E-state index >= 15 is 0 Å². The van der Waals surface area contributed by atoms with Gasteiger partial charge in [0.25, 0.3) is 5.91 Å². The Labute approximate surface area is 251 Å². The molecular formula is C34H40N4O5. The number of nitrogens with one attached hydrogen (secondary N) is 3. The summed E-state index contributed by atoms with van der Waals surface area (Å²) < 4.78 is 0. The number of fused-ring (bicyclic) bond motifs is 7. The summed E-state index contributed by atoms with van der Waals surface area (Å²) in [5.41, 5.74) is 2.49. The van der Waals surface area contributed by atoms with E-state index in [0.717, 1.165) is 44.9 Å². The number of ketones is 1. The predicted octanol–water partition coefficient (Wildman–Crippen LogP) is 1.79. The fourth-order valence-corrected chi connectivity index (χ4v) is 9.42. The van der Waals surface area contributed by atoms with E-state index in [2.05, 4.69) is 52.4 Å². The molecule has 3 N–H and O–H groups in total. The molecule has 0 radical (unpaired) electrons. The van der Waals surface area contributed by atoms with Crippen LogP contribution in [0.2, 0.25) is 0 Å². The minimum absolute atomic E-state index is 0.00175. The first kappa shape index (κ1) is 27.1. The Morgan fingerprint density at radius 3 is 2.67 bits per heavy atom. The summed E-state index contributed by atoms with van der Waals surface area (Å²) in [6.07, 6.45) is 11.7. The van der Waals surface area contributed by atoms with Crippen LogP contribution < -0.4 is 16.0 Å². The molecule has 2 heterocycles. The maximum atomic E-state index is 14.4. The summed E-state index contributed by atoms with van der Waals surface area (Å²) in [4.78, 5) is 69.2. The van der Waals surface area contributed by atoms with Crippen LogP contribution in [0.4, 0.5) is 0 Å². The molecule has 2 aliphatic heterocycles. The highest BCUT2D eigenvalue weighted by Gasteiger charge is 2.65. The molecule has 1 aromatic carbocycles. The monoisotopic (exact) mass is 584 g/mol. The number of likely N-dealkylation sites (tertiary alicyclic amines) is 1. The number of hydrogen-bond acceptors (Lipinski definition) is 5. The molecule has 1 spiro atoms. The van der Waals surface area contributed by atoms with Crippen LogP contribution in [0.15, 0.2) is 36.4 Å². The molecule has 5 fully saturated rings. The molecule has 226 valence electrons. The van der Waals surface area contributed by atoms with Crippen molar-refractivity contribution in [2.75, 3.05) is 13.1 Å². The Kier molecular flexibility index (Phi) is 6.32. The lowest BCUT2D eigenvalue weighted by atomic mass is 9.78. The van der Waals surface area contributed by atoms with Crippen LogP contribution in [0.3, 0.4) is 0 Å². The van der Waals surface area contributed by atoms with E-state index in [4.69, 9.17) is 0 Å². The largest absolute Gasteiger partial charge is 0.356 e. The molecule has 5 aliphatic carbocycles. The van der Waals surface area contributed by atoms with Crippen molar-refractivity contribution in [2.45, 2.75) is 81.3 Å². The van der Waals surface area contributed by atoms with Gasteiger partial charge in [-0.1, -0.05) is 36.4 Å². The van der Waals surface area contributed by atoms with Gasteiger partial charge in [0, 0.05) is 36.4 Å². The molecule has 4 amide bonds. The number of carbonyl (C=O) groups is 5. The zero-order valence-electron chi connectivity index (χ0n) is 24.4. The summed E-state index contributed by atoms with van der Waals surface area (Å²) in [5.74, 6) is -1.67. The van der Waals surface area contributed by atoms with Gasteiger partial charge in [-0.05, 0) is 92.6 Å². The van der Waals surface area contributed by atoms with Crippen molar-refractivity contribution < 1.29 is 24.0 Å². The van der Waals surface area contributed by atoms with Crippen LogP contribution in [0, 0.1) is 35.5 Å². The van der Waals surface area contributed by atoms with E-state index in [1.807, 2.05) is 4.90 Å². The van der Waals surface area contributed by atoms with E-state index in [1.165, 1.54) is 11.1 Å². The first-order valence-corrected chi connectivity index (χ1v) is 16.3. The second-order valence-electron chi connectivity index (χ2n) is 14.2. The lowest BCUT2D eigenvalue weighted by Gasteiger charge is -2.32. The van der Waals surface area contributed by atoms with Crippen molar-refractivity contribution in [3.63, 3.8) is 0 Å². The first-order valence-electron chi connectivity index (χ1n) is 16.3. The van der Waals surface area contributed by atoms with E-state index in [1.54, 1.807) is 0 Å². The molecule has 3 saturated carbocycles. The topological polar surface area (TPSA) is 125 Å². The molecule has 2 bridgehead atoms. The van der Waals surface area contributed by atoms with E-state index in [0.29, 0.717) is 25.4 Å². The Bertz CT molecular complexity index is 1440. The lowest BCUT2D eigenvalue weighted by Crippen LogP contribution is -2.56. The highest BCUT2D eigenvalue weighted by atomic mass is 16.2. The number of allylic oxidation sites excluding steroid dienone is 2. The van der Waals surface area contributed by atoms with E-state index in [-0.39, 0.29) is 59.3 Å². The summed E-state index contributed by atoms with van der Waals surface area (Å²) in [5, 5.41) is 8.48. The molecule has 9 nitrogen and oxygen atoms in total. The van der Waals surface area contributed by atoms with Crippen LogP contribution in [0.5, 0.6) is 0 Å². The molecule has 7 aliphatic rings. The van der Waals surface area contributed by atoms with Gasteiger partial charge in [0.05, 0.1) is 6.04 Å². The third-order valence-electron chi connectivity index (χ3n) is 11.8. The second kappa shape index (κ2) is 10.0. The molecule has 8 rings (SSSR count). The standard InChI is InChI=1S/C34H40N4O5/c39-29(32(42)36-22-9-10-22)26(15-21-11-13-35-30(21)40)37-31(41)28-27-20-8-7-19(14-20)23(27)17-38(28)33(43)25-16-34(25)12-3-5-18-4-1-2-6-24(18)34/h1-2,4,6-8,19-23,25-28H,3,5,9-17H2,(H,35,40)(H,36,42)(H,37,41)/t19?,20?,21-,23?,25-,26?,27?,28?,34-/m0/s1. The minimum Gasteiger partial charge on any atom is -0.356 e. The highest BCUT2D eigenvalue weighted by molar-refractivity contribution is 6.38. The maximum Gasteiger partial charge on any atom is 0.289 e. The van der Waals surface area contributed by atoms with Gasteiger partial charge < -0.3 is 20.9 Å². The number of nitrogens with zero attached hydrogens (tertiary/aromatic N) is 1.